The van der Waals surface area contributed by atoms with Gasteiger partial charge in [0.2, 0.25) is 5.91 Å². The van der Waals surface area contributed by atoms with Gasteiger partial charge in [0, 0.05) is 34.3 Å². The molecule has 9 nitrogen and oxygen atoms in total. The van der Waals surface area contributed by atoms with Crippen LogP contribution >= 0.6 is 34.5 Å². The molecule has 5 atom stereocenters. The summed E-state index contributed by atoms with van der Waals surface area (Å²) in [5.74, 6) is -7.03. The minimum absolute atomic E-state index is 0.0391. The summed E-state index contributed by atoms with van der Waals surface area (Å²) in [6, 6.07) is 7.29. The number of thiazole rings is 1. The topological polar surface area (TPSA) is 141 Å². The fourth-order valence-electron chi connectivity index (χ4n) is 5.70. The zero-order chi connectivity index (χ0) is 36.9. The molecule has 17 heteroatoms. The Kier molecular flexibility index (Phi) is 12.8. The summed E-state index contributed by atoms with van der Waals surface area (Å²) < 4.78 is 68.2. The van der Waals surface area contributed by atoms with Gasteiger partial charge in [-0.25, -0.2) is 23.4 Å². The van der Waals surface area contributed by atoms with Gasteiger partial charge in [-0.1, -0.05) is 62.2 Å². The number of nitrogens with zero attached hydrogens (tertiary/aromatic N) is 2. The van der Waals surface area contributed by atoms with Gasteiger partial charge >= 0.3 is 18.1 Å². The van der Waals surface area contributed by atoms with Crippen molar-refractivity contribution in [1.82, 2.24) is 15.6 Å². The number of rotatable bonds is 8. The Balaban J connectivity index is 0.000000838. The van der Waals surface area contributed by atoms with Gasteiger partial charge in [-0.3, -0.25) is 4.79 Å². The second kappa shape index (κ2) is 15.8. The second-order valence-electron chi connectivity index (χ2n) is 12.3. The van der Waals surface area contributed by atoms with Gasteiger partial charge < -0.3 is 20.5 Å². The number of aliphatic carboxylic acids is 1. The van der Waals surface area contributed by atoms with E-state index >= 15 is 8.78 Å². The van der Waals surface area contributed by atoms with Gasteiger partial charge in [-0.05, 0) is 35.6 Å². The van der Waals surface area contributed by atoms with Gasteiger partial charge in [-0.2, -0.15) is 18.4 Å². The van der Waals surface area contributed by atoms with E-state index in [4.69, 9.17) is 37.8 Å². The van der Waals surface area contributed by atoms with E-state index in [0.717, 1.165) is 6.07 Å². The van der Waals surface area contributed by atoms with Crippen LogP contribution in [0.25, 0.3) is 0 Å². The molecule has 2 aromatic carbocycles. The van der Waals surface area contributed by atoms with Crippen molar-refractivity contribution in [3.63, 3.8) is 0 Å². The van der Waals surface area contributed by atoms with E-state index in [1.54, 1.807) is 10.9 Å². The molecule has 1 aromatic heterocycles. The van der Waals surface area contributed by atoms with E-state index in [-0.39, 0.29) is 27.6 Å². The summed E-state index contributed by atoms with van der Waals surface area (Å²) in [5, 5.41) is 25.7. The van der Waals surface area contributed by atoms with Crippen molar-refractivity contribution in [2.45, 2.75) is 69.2 Å². The first kappa shape index (κ1) is 39.6. The molecule has 1 saturated heterocycles. The number of carbonyl (C=O) groups is 3. The molecule has 4 rings (SSSR count). The number of amides is 1. The molecule has 0 spiro atoms. The number of nitrogens with one attached hydrogen (secondary N) is 2. The quantitative estimate of drug-likeness (QED) is 0.173. The van der Waals surface area contributed by atoms with Gasteiger partial charge in [0.05, 0.1) is 35.4 Å². The van der Waals surface area contributed by atoms with Crippen molar-refractivity contribution in [2.24, 2.45) is 5.41 Å². The summed E-state index contributed by atoms with van der Waals surface area (Å²) in [6.45, 7) is 5.83. The zero-order valence-electron chi connectivity index (χ0n) is 26.4. The minimum Gasteiger partial charge on any atom is -0.475 e. The fraction of sp³-hybridized carbons (Fsp3) is 0.406. The molecule has 1 aliphatic rings. The van der Waals surface area contributed by atoms with E-state index in [1.165, 1.54) is 48.8 Å². The van der Waals surface area contributed by atoms with E-state index < -0.39 is 70.5 Å². The highest BCUT2D eigenvalue weighted by molar-refractivity contribution is 7.07. The maximum absolute atomic E-state index is 15.8. The van der Waals surface area contributed by atoms with E-state index in [1.807, 2.05) is 20.8 Å². The van der Waals surface area contributed by atoms with E-state index in [2.05, 4.69) is 21.7 Å². The standard InChI is InChI=1S/C30H30Cl2F2N4O3S.C2HF3O2/c1-29(2,3)12-23-30(14-35,19-9-8-16(31)10-21(19)33)24(18-6-5-7-20(32)25(18)34)26(38-23)27(39)37-22(28(40)41-4)11-17-13-42-15-36-17;3-2(4,5)1(6)7/h5-10,13,15,22-24,26,38H,11-12H2,1-4H3,(H,37,39);(H,6,7)/t22-,23-,24-,26+,30-;/m0./s1. The first-order chi connectivity index (χ1) is 22.8. The predicted octanol–water partition coefficient (Wildman–Crippen LogP) is 6.58. The number of methoxy groups -OCH3 is 1. The third-order valence-corrected chi connectivity index (χ3v) is 8.84. The van der Waals surface area contributed by atoms with Crippen LogP contribution in [0.1, 0.15) is 49.9 Å². The molecular formula is C32H31Cl2F5N4O5S. The molecule has 3 aromatic rings. The highest BCUT2D eigenvalue weighted by Crippen LogP contribution is 2.52. The molecule has 0 bridgehead atoms. The Labute approximate surface area is 292 Å². The minimum atomic E-state index is -5.08. The van der Waals surface area contributed by atoms with Crippen LogP contribution < -0.4 is 10.6 Å². The number of hydrogen-bond acceptors (Lipinski definition) is 8. The average molecular weight is 750 g/mol. The normalized spacial score (nSPS) is 21.1. The van der Waals surface area contributed by atoms with Crippen LogP contribution in [0.2, 0.25) is 10.0 Å². The average Bonchev–Trinajstić information content (AvgIpc) is 3.63. The fourth-order valence-corrected chi connectivity index (χ4v) is 6.61. The predicted molar refractivity (Wildman–Crippen MR) is 171 cm³/mol. The highest BCUT2D eigenvalue weighted by Gasteiger charge is 2.61. The summed E-state index contributed by atoms with van der Waals surface area (Å²) in [5.41, 5.74) is -0.108. The van der Waals surface area contributed by atoms with Crippen molar-refractivity contribution in [2.75, 3.05) is 7.11 Å². The van der Waals surface area contributed by atoms with Crippen molar-refractivity contribution in [3.05, 3.63) is 85.8 Å². The summed E-state index contributed by atoms with van der Waals surface area (Å²) in [6.07, 6.45) is -4.73. The van der Waals surface area contributed by atoms with Crippen LogP contribution in [0.4, 0.5) is 22.0 Å². The number of halogens is 7. The highest BCUT2D eigenvalue weighted by atomic mass is 35.5. The first-order valence-electron chi connectivity index (χ1n) is 14.4. The van der Waals surface area contributed by atoms with E-state index in [0.29, 0.717) is 12.1 Å². The number of carboxylic acids is 1. The molecule has 3 N–H and O–H groups in total. The zero-order valence-corrected chi connectivity index (χ0v) is 28.7. The molecule has 1 aliphatic heterocycles. The van der Waals surface area contributed by atoms with Crippen molar-refractivity contribution < 1.29 is 46.2 Å². The molecule has 1 fully saturated rings. The number of esters is 1. The molecule has 1 amide bonds. The lowest BCUT2D eigenvalue weighted by atomic mass is 9.62. The van der Waals surface area contributed by atoms with Crippen molar-refractivity contribution in [1.29, 1.82) is 5.26 Å². The first-order valence-corrected chi connectivity index (χ1v) is 16.1. The molecule has 2 heterocycles. The maximum Gasteiger partial charge on any atom is 0.490 e. The number of benzene rings is 2. The number of alkyl halides is 3. The molecule has 0 aliphatic carbocycles. The van der Waals surface area contributed by atoms with Gasteiger partial charge in [0.25, 0.3) is 0 Å². The lowest BCUT2D eigenvalue weighted by molar-refractivity contribution is -0.192. The third-order valence-electron chi connectivity index (χ3n) is 7.67. The summed E-state index contributed by atoms with van der Waals surface area (Å²) >= 11 is 13.6. The number of nitriles is 1. The largest absolute Gasteiger partial charge is 0.490 e. The summed E-state index contributed by atoms with van der Waals surface area (Å²) in [4.78, 5) is 39.9. The Morgan fingerprint density at radius 3 is 2.35 bits per heavy atom. The van der Waals surface area contributed by atoms with Crippen LogP contribution in [0.5, 0.6) is 0 Å². The van der Waals surface area contributed by atoms with Gasteiger partial charge in [0.15, 0.2) is 0 Å². The smallest absolute Gasteiger partial charge is 0.475 e. The lowest BCUT2D eigenvalue weighted by Gasteiger charge is -2.37. The van der Waals surface area contributed by atoms with Crippen LogP contribution in [-0.4, -0.2) is 59.3 Å². The number of carbonyl (C=O) groups excluding carboxylic acids is 2. The number of aromatic nitrogens is 1. The Bertz CT molecular complexity index is 1720. The monoisotopic (exact) mass is 748 g/mol. The van der Waals surface area contributed by atoms with Crippen molar-refractivity contribution in [3.8, 4) is 6.07 Å². The molecule has 264 valence electrons. The van der Waals surface area contributed by atoms with Crippen molar-refractivity contribution >= 4 is 52.4 Å². The summed E-state index contributed by atoms with van der Waals surface area (Å²) in [7, 11) is 1.20. The Morgan fingerprint density at radius 2 is 1.84 bits per heavy atom. The number of hydrogen-bond donors (Lipinski definition) is 3. The van der Waals surface area contributed by atoms with E-state index in [9.17, 15) is 28.0 Å². The molecular weight excluding hydrogens is 718 g/mol. The third kappa shape index (κ3) is 9.24. The van der Waals surface area contributed by atoms with Crippen LogP contribution in [0.3, 0.4) is 0 Å². The Morgan fingerprint density at radius 1 is 1.18 bits per heavy atom. The Hall–Kier alpha value is -3.84. The maximum atomic E-state index is 15.8. The molecule has 49 heavy (non-hydrogen) atoms. The van der Waals surface area contributed by atoms with Crippen LogP contribution in [0, 0.1) is 28.4 Å². The van der Waals surface area contributed by atoms with Gasteiger partial charge in [0.1, 0.15) is 23.1 Å². The lowest BCUT2D eigenvalue weighted by Crippen LogP contribution is -2.51. The molecule has 0 saturated carbocycles. The number of carboxylic acid groups (broad SMARTS) is 1. The SMILES string of the molecule is COC(=O)[C@H](Cc1cscn1)NC(=O)[C@@H]1N[C@@H](CC(C)(C)C)[C@](C#N)(c2ccc(Cl)cc2F)[C@H]1c1cccc(Cl)c1F.O=C(O)C(F)(F)F. The van der Waals surface area contributed by atoms with Crippen LogP contribution in [-0.2, 0) is 31.0 Å². The van der Waals surface area contributed by atoms with Gasteiger partial charge in [-0.15, -0.1) is 11.3 Å². The second-order valence-corrected chi connectivity index (χ2v) is 13.8. The molecule has 0 unspecified atom stereocenters. The van der Waals surface area contributed by atoms with Crippen LogP contribution in [0.15, 0.2) is 47.3 Å². The number of ether oxygens (including phenoxy) is 1. The molecule has 0 radical (unpaired) electrons.